The topological polar surface area (TPSA) is 14.3 Å². The predicted molar refractivity (Wildman–Crippen MR) is 182 cm³/mol. The fourth-order valence-corrected chi connectivity index (χ4v) is 7.13. The van der Waals surface area contributed by atoms with Gasteiger partial charge in [-0.3, -0.25) is 8.97 Å². The maximum atomic E-state index is 6.23. The molecule has 9 aromatic rings. The molecule has 0 saturated heterocycles. The highest BCUT2D eigenvalue weighted by molar-refractivity contribution is 7.71. The SMILES string of the molecule is S=c1n(-c2ccccc2)c2cc(-c3cccc(-n4c5ccccc5c5ccccc54)c3)ccc2c2cc3ccccc3n12. The molecule has 0 radical (unpaired) electrons. The van der Waals surface area contributed by atoms with Crippen LogP contribution < -0.4 is 0 Å². The van der Waals surface area contributed by atoms with Gasteiger partial charge in [0.2, 0.25) is 0 Å². The number of para-hydroxylation sites is 4. The lowest BCUT2D eigenvalue weighted by Gasteiger charge is -2.16. The Labute approximate surface area is 253 Å². The summed E-state index contributed by atoms with van der Waals surface area (Å²) in [6, 6.07) is 54.1. The van der Waals surface area contributed by atoms with Crippen LogP contribution in [0, 0.1) is 4.77 Å². The zero-order chi connectivity index (χ0) is 28.5. The lowest BCUT2D eigenvalue weighted by molar-refractivity contribution is 0.984. The van der Waals surface area contributed by atoms with Crippen LogP contribution in [0.5, 0.6) is 0 Å². The van der Waals surface area contributed by atoms with Gasteiger partial charge in [0, 0.05) is 32.9 Å². The van der Waals surface area contributed by atoms with Gasteiger partial charge in [0.25, 0.3) is 0 Å². The Bertz CT molecular complexity index is 2530. The van der Waals surface area contributed by atoms with E-state index in [9.17, 15) is 0 Å². The van der Waals surface area contributed by atoms with Crippen LogP contribution >= 0.6 is 12.2 Å². The summed E-state index contributed by atoms with van der Waals surface area (Å²) in [6.45, 7) is 0. The quantitative estimate of drug-likeness (QED) is 0.194. The molecule has 4 heteroatoms. The Kier molecular flexibility index (Phi) is 5.22. The van der Waals surface area contributed by atoms with Crippen molar-refractivity contribution in [2.75, 3.05) is 0 Å². The van der Waals surface area contributed by atoms with Gasteiger partial charge in [-0.25, -0.2) is 0 Å². The molecule has 202 valence electrons. The minimum atomic E-state index is 0.756. The lowest BCUT2D eigenvalue weighted by Crippen LogP contribution is -2.05. The summed E-state index contributed by atoms with van der Waals surface area (Å²) in [5.74, 6) is 0. The summed E-state index contributed by atoms with van der Waals surface area (Å²) in [5.41, 5.74) is 10.3. The first kappa shape index (κ1) is 24.2. The molecule has 3 nitrogen and oxygen atoms in total. The van der Waals surface area contributed by atoms with Crippen molar-refractivity contribution >= 4 is 61.3 Å². The van der Waals surface area contributed by atoms with E-state index < -0.39 is 0 Å². The van der Waals surface area contributed by atoms with Gasteiger partial charge in [-0.05, 0) is 77.9 Å². The first-order chi connectivity index (χ1) is 21.3. The third-order valence-corrected chi connectivity index (χ3v) is 9.01. The second-order valence-corrected chi connectivity index (χ2v) is 11.4. The number of nitrogens with zero attached hydrogens (tertiary/aromatic N) is 3. The van der Waals surface area contributed by atoms with Crippen molar-refractivity contribution in [3.8, 4) is 22.5 Å². The minimum Gasteiger partial charge on any atom is -0.309 e. The van der Waals surface area contributed by atoms with Gasteiger partial charge < -0.3 is 4.57 Å². The average molecular weight is 568 g/mol. The van der Waals surface area contributed by atoms with Crippen LogP contribution in [0.25, 0.3) is 71.6 Å². The van der Waals surface area contributed by atoms with Crippen LogP contribution in [0.15, 0.2) is 152 Å². The van der Waals surface area contributed by atoms with E-state index in [1.807, 2.05) is 6.07 Å². The molecule has 6 aromatic carbocycles. The van der Waals surface area contributed by atoms with Gasteiger partial charge in [0.1, 0.15) is 0 Å². The largest absolute Gasteiger partial charge is 0.309 e. The molecule has 43 heavy (non-hydrogen) atoms. The molecule has 0 spiro atoms. The molecule has 0 saturated carbocycles. The van der Waals surface area contributed by atoms with Crippen molar-refractivity contribution in [2.24, 2.45) is 0 Å². The second-order valence-electron chi connectivity index (χ2n) is 11.0. The Morgan fingerprint density at radius 3 is 1.77 bits per heavy atom. The third kappa shape index (κ3) is 3.57. The molecule has 0 aliphatic heterocycles. The number of rotatable bonds is 3. The number of hydrogen-bond acceptors (Lipinski definition) is 1. The normalized spacial score (nSPS) is 11.8. The summed E-state index contributed by atoms with van der Waals surface area (Å²) >= 11 is 6.23. The van der Waals surface area contributed by atoms with Gasteiger partial charge in [-0.1, -0.05) is 97.1 Å². The van der Waals surface area contributed by atoms with Gasteiger partial charge in [-0.15, -0.1) is 0 Å². The summed E-state index contributed by atoms with van der Waals surface area (Å²) in [4.78, 5) is 0. The molecule has 0 N–H and O–H groups in total. The molecule has 0 unspecified atom stereocenters. The molecule has 3 aromatic heterocycles. The molecule has 0 aliphatic rings. The van der Waals surface area contributed by atoms with E-state index in [1.54, 1.807) is 0 Å². The highest BCUT2D eigenvalue weighted by atomic mass is 32.1. The maximum Gasteiger partial charge on any atom is 0.190 e. The molecule has 0 fully saturated rings. The van der Waals surface area contributed by atoms with E-state index in [0.29, 0.717) is 0 Å². The van der Waals surface area contributed by atoms with Gasteiger partial charge in [-0.2, -0.15) is 0 Å². The van der Waals surface area contributed by atoms with E-state index in [4.69, 9.17) is 12.2 Å². The van der Waals surface area contributed by atoms with Crippen molar-refractivity contribution < 1.29 is 0 Å². The minimum absolute atomic E-state index is 0.756. The zero-order valence-electron chi connectivity index (χ0n) is 23.2. The Morgan fingerprint density at radius 2 is 1.00 bits per heavy atom. The molecule has 0 amide bonds. The molecule has 9 rings (SSSR count). The van der Waals surface area contributed by atoms with E-state index >= 15 is 0 Å². The highest BCUT2D eigenvalue weighted by Crippen LogP contribution is 2.35. The zero-order valence-corrected chi connectivity index (χ0v) is 24.0. The van der Waals surface area contributed by atoms with Crippen LogP contribution in [0.1, 0.15) is 0 Å². The number of hydrogen-bond donors (Lipinski definition) is 0. The van der Waals surface area contributed by atoms with Crippen molar-refractivity contribution in [3.63, 3.8) is 0 Å². The van der Waals surface area contributed by atoms with Crippen LogP contribution in [0.2, 0.25) is 0 Å². The van der Waals surface area contributed by atoms with Crippen LogP contribution in [0.4, 0.5) is 0 Å². The van der Waals surface area contributed by atoms with Crippen LogP contribution in [0.3, 0.4) is 0 Å². The fraction of sp³-hybridized carbons (Fsp3) is 0. The molecule has 3 heterocycles. The van der Waals surface area contributed by atoms with Gasteiger partial charge in [0.05, 0.1) is 27.6 Å². The average Bonchev–Trinajstić information content (AvgIpc) is 3.62. The summed E-state index contributed by atoms with van der Waals surface area (Å²) in [5, 5.41) is 4.87. The van der Waals surface area contributed by atoms with E-state index in [1.165, 1.54) is 27.2 Å². The third-order valence-electron chi connectivity index (χ3n) is 8.64. The smallest absolute Gasteiger partial charge is 0.190 e. The first-order valence-corrected chi connectivity index (χ1v) is 14.9. The Morgan fingerprint density at radius 1 is 0.372 bits per heavy atom. The van der Waals surface area contributed by atoms with Crippen molar-refractivity contribution in [3.05, 3.63) is 156 Å². The standard InChI is InChI=1S/C39H25N3S/c43-39-41(29-13-2-1-3-14-29)37-24-27(21-22-33(37)38-25-28-11-4-7-18-34(28)42(38)39)26-12-10-15-30(23-26)40-35-19-8-5-16-31(35)32-17-6-9-20-36(32)40/h1-25H. The summed E-state index contributed by atoms with van der Waals surface area (Å²) in [6.07, 6.45) is 0. The van der Waals surface area contributed by atoms with E-state index in [2.05, 4.69) is 159 Å². The summed E-state index contributed by atoms with van der Waals surface area (Å²) in [7, 11) is 0. The van der Waals surface area contributed by atoms with Gasteiger partial charge >= 0.3 is 0 Å². The predicted octanol–water partition coefficient (Wildman–Crippen LogP) is 10.5. The maximum absolute atomic E-state index is 6.23. The van der Waals surface area contributed by atoms with Gasteiger partial charge in [0.15, 0.2) is 4.77 Å². The van der Waals surface area contributed by atoms with E-state index in [0.717, 1.165) is 49.2 Å². The van der Waals surface area contributed by atoms with Crippen LogP contribution in [-0.2, 0) is 0 Å². The molecular weight excluding hydrogens is 543 g/mol. The molecule has 0 aliphatic carbocycles. The lowest BCUT2D eigenvalue weighted by atomic mass is 10.0. The molecule has 0 bridgehead atoms. The van der Waals surface area contributed by atoms with Crippen molar-refractivity contribution in [2.45, 2.75) is 0 Å². The summed E-state index contributed by atoms with van der Waals surface area (Å²) < 4.78 is 7.55. The van der Waals surface area contributed by atoms with Crippen LogP contribution in [-0.4, -0.2) is 13.5 Å². The number of fused-ring (bicyclic) bond motifs is 8. The number of benzene rings is 6. The second kappa shape index (κ2) is 9.28. The monoisotopic (exact) mass is 567 g/mol. The number of aromatic nitrogens is 3. The molecule has 0 atom stereocenters. The Balaban J connectivity index is 1.31. The highest BCUT2D eigenvalue weighted by Gasteiger charge is 2.16. The fourth-order valence-electron chi connectivity index (χ4n) is 6.73. The molecular formula is C39H25N3S. The van der Waals surface area contributed by atoms with E-state index in [-0.39, 0.29) is 0 Å². The van der Waals surface area contributed by atoms with Crippen molar-refractivity contribution in [1.82, 2.24) is 13.5 Å². The first-order valence-electron chi connectivity index (χ1n) is 14.5. The Hall–Kier alpha value is -5.45. The van der Waals surface area contributed by atoms with Crippen molar-refractivity contribution in [1.29, 1.82) is 0 Å².